The molecule has 0 fully saturated rings. The zero-order chi connectivity index (χ0) is 16.3. The Balaban J connectivity index is 3.15. The molecule has 5 nitrogen and oxygen atoms in total. The predicted molar refractivity (Wildman–Crippen MR) is 74.8 cm³/mol. The summed E-state index contributed by atoms with van der Waals surface area (Å²) in [7, 11) is -3.81. The molecule has 1 aromatic carbocycles. The van der Waals surface area contributed by atoms with Crippen LogP contribution in [-0.4, -0.2) is 25.8 Å². The molecule has 0 aromatic heterocycles. The predicted octanol–water partition coefficient (Wildman–Crippen LogP) is 2.16. The number of nitrogens with zero attached hydrogens (tertiary/aromatic N) is 1. The number of hydrogen-bond donors (Lipinski definition) is 2. The third kappa shape index (κ3) is 4.32. The van der Waals surface area contributed by atoms with Crippen molar-refractivity contribution in [3.8, 4) is 0 Å². The molecule has 3 N–H and O–H groups in total. The van der Waals surface area contributed by atoms with Crippen LogP contribution in [0.25, 0.3) is 0 Å². The molecule has 0 unspecified atom stereocenters. The number of halogens is 3. The molecule has 0 radical (unpaired) electrons. The molecule has 1 aromatic rings. The molecule has 120 valence electrons. The van der Waals surface area contributed by atoms with E-state index in [4.69, 9.17) is 5.73 Å². The summed E-state index contributed by atoms with van der Waals surface area (Å²) in [6.45, 7) is 3.63. The lowest BCUT2D eigenvalue weighted by Crippen LogP contribution is -2.35. The highest BCUT2D eigenvalue weighted by atomic mass is 32.2. The van der Waals surface area contributed by atoms with E-state index in [1.807, 2.05) is 0 Å². The van der Waals surface area contributed by atoms with Gasteiger partial charge in [0.1, 0.15) is 0 Å². The van der Waals surface area contributed by atoms with E-state index >= 15 is 0 Å². The Morgan fingerprint density at radius 3 is 2.24 bits per heavy atom. The SMILES string of the molecule is CCN(CC)S(=O)(=O)Nc1ccc(C(F)(F)F)cc1CN. The molecule has 0 spiro atoms. The first-order valence-corrected chi connectivity index (χ1v) is 7.77. The number of benzene rings is 1. The van der Waals surface area contributed by atoms with Crippen LogP contribution in [0, 0.1) is 0 Å². The summed E-state index contributed by atoms with van der Waals surface area (Å²) in [5, 5.41) is 0. The fourth-order valence-electron chi connectivity index (χ4n) is 1.81. The average molecular weight is 325 g/mol. The van der Waals surface area contributed by atoms with Crippen molar-refractivity contribution < 1.29 is 21.6 Å². The Kier molecular flexibility index (Phi) is 5.60. The smallest absolute Gasteiger partial charge is 0.326 e. The fourth-order valence-corrected chi connectivity index (χ4v) is 3.09. The van der Waals surface area contributed by atoms with E-state index in [-0.39, 0.29) is 30.9 Å². The van der Waals surface area contributed by atoms with Crippen molar-refractivity contribution in [3.63, 3.8) is 0 Å². The van der Waals surface area contributed by atoms with Gasteiger partial charge in [-0.25, -0.2) is 0 Å². The van der Waals surface area contributed by atoms with Crippen LogP contribution in [0.2, 0.25) is 0 Å². The van der Waals surface area contributed by atoms with E-state index in [9.17, 15) is 21.6 Å². The third-order valence-electron chi connectivity index (χ3n) is 2.94. The molecular weight excluding hydrogens is 307 g/mol. The van der Waals surface area contributed by atoms with E-state index in [1.54, 1.807) is 13.8 Å². The first-order chi connectivity index (χ1) is 9.65. The monoisotopic (exact) mass is 325 g/mol. The van der Waals surface area contributed by atoms with Crippen LogP contribution >= 0.6 is 0 Å². The standard InChI is InChI=1S/C12H18F3N3O2S/c1-3-18(4-2)21(19,20)17-11-6-5-10(12(13,14)15)7-9(11)8-16/h5-7,17H,3-4,8,16H2,1-2H3. The molecule has 0 heterocycles. The zero-order valence-electron chi connectivity index (χ0n) is 11.7. The maximum atomic E-state index is 12.6. The Morgan fingerprint density at radius 2 is 1.81 bits per heavy atom. The second kappa shape index (κ2) is 6.63. The summed E-state index contributed by atoms with van der Waals surface area (Å²) < 4.78 is 65.4. The van der Waals surface area contributed by atoms with E-state index in [1.165, 1.54) is 0 Å². The van der Waals surface area contributed by atoms with Gasteiger partial charge in [-0.3, -0.25) is 4.72 Å². The van der Waals surface area contributed by atoms with Gasteiger partial charge in [-0.2, -0.15) is 25.9 Å². The quantitative estimate of drug-likeness (QED) is 0.841. The summed E-state index contributed by atoms with van der Waals surface area (Å²) in [4.78, 5) is 0. The van der Waals surface area contributed by atoms with Crippen molar-refractivity contribution in [2.45, 2.75) is 26.6 Å². The molecular formula is C12H18F3N3O2S. The summed E-state index contributed by atoms with van der Waals surface area (Å²) in [5.41, 5.74) is 4.68. The van der Waals surface area contributed by atoms with E-state index < -0.39 is 21.9 Å². The molecule has 0 amide bonds. The van der Waals surface area contributed by atoms with Gasteiger partial charge in [-0.05, 0) is 23.8 Å². The summed E-state index contributed by atoms with van der Waals surface area (Å²) >= 11 is 0. The van der Waals surface area contributed by atoms with Gasteiger partial charge in [-0.1, -0.05) is 13.8 Å². The summed E-state index contributed by atoms with van der Waals surface area (Å²) in [5.74, 6) is 0. The van der Waals surface area contributed by atoms with Crippen molar-refractivity contribution in [3.05, 3.63) is 29.3 Å². The van der Waals surface area contributed by atoms with Crippen molar-refractivity contribution in [1.82, 2.24) is 4.31 Å². The number of nitrogens with one attached hydrogen (secondary N) is 1. The van der Waals surface area contributed by atoms with Gasteiger partial charge in [0, 0.05) is 19.6 Å². The van der Waals surface area contributed by atoms with E-state index in [0.29, 0.717) is 0 Å². The van der Waals surface area contributed by atoms with Gasteiger partial charge in [-0.15, -0.1) is 0 Å². The molecule has 0 bridgehead atoms. The largest absolute Gasteiger partial charge is 0.416 e. The first kappa shape index (κ1) is 17.7. The van der Waals surface area contributed by atoms with Crippen LogP contribution in [-0.2, 0) is 22.9 Å². The van der Waals surface area contributed by atoms with E-state index in [0.717, 1.165) is 22.5 Å². The lowest BCUT2D eigenvalue weighted by atomic mass is 10.1. The van der Waals surface area contributed by atoms with Crippen molar-refractivity contribution in [2.24, 2.45) is 5.73 Å². The summed E-state index contributed by atoms with van der Waals surface area (Å²) in [6, 6.07) is 2.74. The van der Waals surface area contributed by atoms with Crippen LogP contribution < -0.4 is 10.5 Å². The second-order valence-corrected chi connectivity index (χ2v) is 5.94. The number of rotatable bonds is 6. The van der Waals surface area contributed by atoms with Crippen LogP contribution in [0.5, 0.6) is 0 Å². The number of anilines is 1. The Bertz CT molecular complexity index is 584. The summed E-state index contributed by atoms with van der Waals surface area (Å²) in [6.07, 6.45) is -4.50. The molecule has 0 aliphatic carbocycles. The highest BCUT2D eigenvalue weighted by Crippen LogP contribution is 2.32. The van der Waals surface area contributed by atoms with Crippen LogP contribution in [0.1, 0.15) is 25.0 Å². The van der Waals surface area contributed by atoms with Gasteiger partial charge in [0.2, 0.25) is 0 Å². The van der Waals surface area contributed by atoms with Gasteiger partial charge in [0.15, 0.2) is 0 Å². The molecule has 0 atom stereocenters. The molecule has 0 saturated carbocycles. The number of hydrogen-bond acceptors (Lipinski definition) is 3. The van der Waals surface area contributed by atoms with Gasteiger partial charge >= 0.3 is 16.4 Å². The van der Waals surface area contributed by atoms with E-state index in [2.05, 4.69) is 4.72 Å². The minimum absolute atomic E-state index is 0.0531. The van der Waals surface area contributed by atoms with Crippen molar-refractivity contribution in [1.29, 1.82) is 0 Å². The molecule has 9 heteroatoms. The third-order valence-corrected chi connectivity index (χ3v) is 4.61. The molecule has 21 heavy (non-hydrogen) atoms. The second-order valence-electron chi connectivity index (χ2n) is 4.27. The van der Waals surface area contributed by atoms with Crippen LogP contribution in [0.4, 0.5) is 18.9 Å². The molecule has 1 rings (SSSR count). The van der Waals surface area contributed by atoms with Gasteiger partial charge in [0.05, 0.1) is 11.3 Å². The fraction of sp³-hybridized carbons (Fsp3) is 0.500. The lowest BCUT2D eigenvalue weighted by molar-refractivity contribution is -0.137. The minimum atomic E-state index is -4.50. The normalized spacial score (nSPS) is 12.7. The highest BCUT2D eigenvalue weighted by Gasteiger charge is 2.31. The number of nitrogens with two attached hydrogens (primary N) is 1. The van der Waals surface area contributed by atoms with Crippen molar-refractivity contribution >= 4 is 15.9 Å². The molecule has 0 aliphatic rings. The maximum Gasteiger partial charge on any atom is 0.416 e. The Morgan fingerprint density at radius 1 is 1.24 bits per heavy atom. The minimum Gasteiger partial charge on any atom is -0.326 e. The zero-order valence-corrected chi connectivity index (χ0v) is 12.6. The number of alkyl halides is 3. The lowest BCUT2D eigenvalue weighted by Gasteiger charge is -2.21. The van der Waals surface area contributed by atoms with Gasteiger partial charge < -0.3 is 5.73 Å². The van der Waals surface area contributed by atoms with Crippen LogP contribution in [0.3, 0.4) is 0 Å². The van der Waals surface area contributed by atoms with Crippen molar-refractivity contribution in [2.75, 3.05) is 17.8 Å². The topological polar surface area (TPSA) is 75.4 Å². The van der Waals surface area contributed by atoms with Gasteiger partial charge in [0.25, 0.3) is 0 Å². The Hall–Kier alpha value is -1.32. The highest BCUT2D eigenvalue weighted by molar-refractivity contribution is 7.90. The molecule has 0 saturated heterocycles. The first-order valence-electron chi connectivity index (χ1n) is 6.33. The Labute approximate surface area is 122 Å². The maximum absolute atomic E-state index is 12.6. The average Bonchev–Trinajstić information content (AvgIpc) is 2.38. The van der Waals surface area contributed by atoms with Crippen LogP contribution in [0.15, 0.2) is 18.2 Å². The molecule has 0 aliphatic heterocycles.